The summed E-state index contributed by atoms with van der Waals surface area (Å²) in [5, 5.41) is 2.05. The van der Waals surface area contributed by atoms with E-state index >= 15 is 0 Å². The molecule has 0 saturated carbocycles. The minimum absolute atomic E-state index is 0.0570. The number of amides is 1. The second kappa shape index (κ2) is 12.0. The number of ketones is 1. The molecule has 0 atom stereocenters. The number of halogens is 1. The Morgan fingerprint density at radius 2 is 1.92 bits per heavy atom. The Morgan fingerprint density at radius 3 is 2.68 bits per heavy atom. The molecule has 3 heterocycles. The van der Waals surface area contributed by atoms with Gasteiger partial charge in [-0.15, -0.1) is 11.3 Å². The first-order valence-electron chi connectivity index (χ1n) is 12.5. The van der Waals surface area contributed by atoms with Crippen molar-refractivity contribution in [3.8, 4) is 22.6 Å². The van der Waals surface area contributed by atoms with E-state index in [1.54, 1.807) is 28.6 Å². The van der Waals surface area contributed by atoms with Gasteiger partial charge in [-0.3, -0.25) is 14.6 Å². The third kappa shape index (κ3) is 6.26. The van der Waals surface area contributed by atoms with Gasteiger partial charge in [-0.2, -0.15) is 0 Å². The lowest BCUT2D eigenvalue weighted by molar-refractivity contribution is -0.131. The number of aromatic nitrogens is 1. The van der Waals surface area contributed by atoms with Crippen LogP contribution in [0.1, 0.15) is 33.6 Å². The van der Waals surface area contributed by atoms with Crippen molar-refractivity contribution in [2.75, 3.05) is 19.8 Å². The predicted octanol–water partition coefficient (Wildman–Crippen LogP) is 5.95. The summed E-state index contributed by atoms with van der Waals surface area (Å²) in [5.74, 6) is 0.551. The number of Topliss-reactive ketones (excluding diaryl/α,β-unsaturated/α-hetero) is 1. The fourth-order valence-electron chi connectivity index (χ4n) is 4.38. The van der Waals surface area contributed by atoms with Gasteiger partial charge in [0.05, 0.1) is 13.2 Å². The lowest BCUT2D eigenvalue weighted by Crippen LogP contribution is -2.32. The van der Waals surface area contributed by atoms with Crippen molar-refractivity contribution in [2.24, 2.45) is 0 Å². The highest BCUT2D eigenvalue weighted by Crippen LogP contribution is 2.38. The molecule has 1 aliphatic heterocycles. The zero-order chi connectivity index (χ0) is 26.3. The van der Waals surface area contributed by atoms with Gasteiger partial charge < -0.3 is 14.4 Å². The van der Waals surface area contributed by atoms with Crippen LogP contribution in [0.15, 0.2) is 78.4 Å². The number of hydrogen-bond acceptors (Lipinski definition) is 6. The fourth-order valence-corrected chi connectivity index (χ4v) is 5.07. The summed E-state index contributed by atoms with van der Waals surface area (Å²) in [5.41, 5.74) is 3.10. The van der Waals surface area contributed by atoms with Crippen LogP contribution in [0, 0.1) is 5.82 Å². The molecular weight excluding hydrogens is 503 g/mol. The maximum absolute atomic E-state index is 13.2. The van der Waals surface area contributed by atoms with E-state index in [2.05, 4.69) is 11.1 Å². The molecule has 4 aromatic rings. The Labute approximate surface area is 224 Å². The maximum atomic E-state index is 13.2. The summed E-state index contributed by atoms with van der Waals surface area (Å²) in [7, 11) is 0. The molecule has 38 heavy (non-hydrogen) atoms. The summed E-state index contributed by atoms with van der Waals surface area (Å²) >= 11 is 1.70. The molecule has 2 aromatic carbocycles. The highest BCUT2D eigenvalue weighted by Gasteiger charge is 2.24. The third-order valence-corrected chi connectivity index (χ3v) is 7.30. The predicted molar refractivity (Wildman–Crippen MR) is 144 cm³/mol. The number of thiophene rings is 1. The van der Waals surface area contributed by atoms with E-state index in [-0.39, 0.29) is 24.5 Å². The molecule has 1 aliphatic rings. The van der Waals surface area contributed by atoms with E-state index in [0.717, 1.165) is 23.1 Å². The van der Waals surface area contributed by atoms with E-state index < -0.39 is 5.82 Å². The number of fused-ring (bicyclic) bond motifs is 1. The zero-order valence-corrected chi connectivity index (χ0v) is 21.6. The molecule has 8 heteroatoms. The summed E-state index contributed by atoms with van der Waals surface area (Å²) in [6.07, 6.45) is 4.43. The molecule has 0 saturated heterocycles. The molecule has 0 unspecified atom stereocenters. The Balaban J connectivity index is 1.33. The first kappa shape index (κ1) is 25.6. The lowest BCUT2D eigenvalue weighted by Gasteiger charge is -2.20. The van der Waals surface area contributed by atoms with E-state index in [9.17, 15) is 14.0 Å². The highest BCUT2D eigenvalue weighted by molar-refractivity contribution is 7.09. The number of ether oxygens (including phenoxy) is 2. The van der Waals surface area contributed by atoms with Gasteiger partial charge in [0, 0.05) is 59.8 Å². The number of rotatable bonds is 9. The topological polar surface area (TPSA) is 68.7 Å². The van der Waals surface area contributed by atoms with Crippen LogP contribution in [0.4, 0.5) is 4.39 Å². The standard InChI is InChI=1S/C30H27FN2O4S/c31-25-7-5-21(6-8-25)27(34)9-10-29(35)33-13-15-37-30-24(20-33)17-23(22-3-1-12-32-19-22)18-28(30)36-14-11-26-4-2-16-38-26/h1-8,12,16-19H,9-11,13-15,20H2. The quantitative estimate of drug-likeness (QED) is 0.250. The minimum Gasteiger partial charge on any atom is -0.489 e. The van der Waals surface area contributed by atoms with Crippen LogP contribution < -0.4 is 9.47 Å². The molecular formula is C30H27FN2O4S. The molecule has 194 valence electrons. The number of benzene rings is 2. The number of nitrogens with zero attached hydrogens (tertiary/aromatic N) is 2. The molecule has 2 aromatic heterocycles. The van der Waals surface area contributed by atoms with Crippen LogP contribution >= 0.6 is 11.3 Å². The van der Waals surface area contributed by atoms with Crippen LogP contribution in [-0.4, -0.2) is 41.3 Å². The van der Waals surface area contributed by atoms with Crippen LogP contribution in [0.5, 0.6) is 11.5 Å². The second-order valence-electron chi connectivity index (χ2n) is 8.98. The highest BCUT2D eigenvalue weighted by atomic mass is 32.1. The normalized spacial score (nSPS) is 12.8. The van der Waals surface area contributed by atoms with E-state index in [1.807, 2.05) is 35.7 Å². The fraction of sp³-hybridized carbons (Fsp3) is 0.233. The first-order chi connectivity index (χ1) is 18.6. The number of pyridine rings is 1. The maximum Gasteiger partial charge on any atom is 0.223 e. The van der Waals surface area contributed by atoms with E-state index in [1.165, 1.54) is 29.1 Å². The monoisotopic (exact) mass is 530 g/mol. The van der Waals surface area contributed by atoms with Crippen LogP contribution in [0.2, 0.25) is 0 Å². The molecule has 6 nitrogen and oxygen atoms in total. The van der Waals surface area contributed by atoms with Crippen LogP contribution in [0.25, 0.3) is 11.1 Å². The van der Waals surface area contributed by atoms with Crippen LogP contribution in [0.3, 0.4) is 0 Å². The minimum atomic E-state index is -0.401. The van der Waals surface area contributed by atoms with Crippen molar-refractivity contribution in [3.05, 3.63) is 100 Å². The summed E-state index contributed by atoms with van der Waals surface area (Å²) < 4.78 is 25.5. The van der Waals surface area contributed by atoms with Crippen molar-refractivity contribution in [2.45, 2.75) is 25.8 Å². The summed E-state index contributed by atoms with van der Waals surface area (Å²) in [4.78, 5) is 32.8. The van der Waals surface area contributed by atoms with Gasteiger partial charge in [0.2, 0.25) is 5.91 Å². The third-order valence-electron chi connectivity index (χ3n) is 6.37. The smallest absolute Gasteiger partial charge is 0.223 e. The van der Waals surface area contributed by atoms with E-state index in [4.69, 9.17) is 9.47 Å². The van der Waals surface area contributed by atoms with Gasteiger partial charge in [0.1, 0.15) is 12.4 Å². The largest absolute Gasteiger partial charge is 0.489 e. The molecule has 0 aliphatic carbocycles. The van der Waals surface area contributed by atoms with Crippen molar-refractivity contribution >= 4 is 23.0 Å². The average Bonchev–Trinajstić information content (AvgIpc) is 3.36. The Morgan fingerprint density at radius 1 is 1.05 bits per heavy atom. The van der Waals surface area contributed by atoms with Gasteiger partial charge in [0.25, 0.3) is 0 Å². The van der Waals surface area contributed by atoms with Crippen molar-refractivity contribution < 1.29 is 23.5 Å². The number of carbonyl (C=O) groups excluding carboxylic acids is 2. The molecule has 0 radical (unpaired) electrons. The Kier molecular flexibility index (Phi) is 8.09. The average molecular weight is 531 g/mol. The van der Waals surface area contributed by atoms with Crippen LogP contribution in [-0.2, 0) is 17.8 Å². The van der Waals surface area contributed by atoms with Gasteiger partial charge in [0.15, 0.2) is 17.3 Å². The van der Waals surface area contributed by atoms with Gasteiger partial charge >= 0.3 is 0 Å². The Hall–Kier alpha value is -4.04. The molecule has 0 spiro atoms. The number of hydrogen-bond donors (Lipinski definition) is 0. The Bertz CT molecular complexity index is 1390. The second-order valence-corrected chi connectivity index (χ2v) is 10.0. The molecule has 0 bridgehead atoms. The van der Waals surface area contributed by atoms with Gasteiger partial charge in [-0.05, 0) is 59.5 Å². The zero-order valence-electron chi connectivity index (χ0n) is 20.8. The SMILES string of the molecule is O=C(CCC(=O)N1CCOc2c(cc(-c3cccnc3)cc2OCCc2cccs2)C1)c1ccc(F)cc1. The summed E-state index contributed by atoms with van der Waals surface area (Å²) in [6.45, 7) is 1.56. The van der Waals surface area contributed by atoms with Gasteiger partial charge in [-0.25, -0.2) is 4.39 Å². The molecule has 0 fully saturated rings. The van der Waals surface area contributed by atoms with Gasteiger partial charge in [-0.1, -0.05) is 12.1 Å². The first-order valence-corrected chi connectivity index (χ1v) is 13.4. The summed E-state index contributed by atoms with van der Waals surface area (Å²) in [6, 6.07) is 17.3. The van der Waals surface area contributed by atoms with Crippen molar-refractivity contribution in [1.82, 2.24) is 9.88 Å². The lowest BCUT2D eigenvalue weighted by atomic mass is 10.0. The van der Waals surface area contributed by atoms with E-state index in [0.29, 0.717) is 43.4 Å². The van der Waals surface area contributed by atoms with Crippen molar-refractivity contribution in [3.63, 3.8) is 0 Å². The molecule has 1 amide bonds. The molecule has 0 N–H and O–H groups in total. The number of carbonyl (C=O) groups is 2. The van der Waals surface area contributed by atoms with Crippen molar-refractivity contribution in [1.29, 1.82) is 0 Å². The molecule has 5 rings (SSSR count).